The third-order valence-corrected chi connectivity index (χ3v) is 5.30. The second kappa shape index (κ2) is 8.33. The minimum atomic E-state index is 0. The molecule has 6 nitrogen and oxygen atoms in total. The van der Waals surface area contributed by atoms with Gasteiger partial charge < -0.3 is 10.2 Å². The average molecular weight is 399 g/mol. The van der Waals surface area contributed by atoms with E-state index >= 15 is 0 Å². The van der Waals surface area contributed by atoms with Gasteiger partial charge in [-0.05, 0) is 25.3 Å². The summed E-state index contributed by atoms with van der Waals surface area (Å²) in [4.78, 5) is 16.1. The van der Waals surface area contributed by atoms with E-state index in [1.807, 2.05) is 0 Å². The van der Waals surface area contributed by atoms with Crippen LogP contribution in [0.1, 0.15) is 34.9 Å². The van der Waals surface area contributed by atoms with Crippen molar-refractivity contribution in [3.8, 4) is 6.07 Å². The van der Waals surface area contributed by atoms with Crippen LogP contribution in [-0.2, 0) is 0 Å². The molecule has 27 heavy (non-hydrogen) atoms. The standard InChI is InChI=1S/C19H18N6S.ClH/c1-13-4-6-14(7-5-13)16-3-2-8-25(16)18-12-21-11-17(23-18)24-19-22-10-15(9-20)26-19;/h4-7,10-12,16H,2-3,8H2,1H3,(H,22,23,24);1H/t16-;/m0./s1. The summed E-state index contributed by atoms with van der Waals surface area (Å²) in [5, 5.41) is 12.7. The van der Waals surface area contributed by atoms with Crippen LogP contribution in [0.25, 0.3) is 0 Å². The Morgan fingerprint density at radius 3 is 2.78 bits per heavy atom. The molecule has 1 fully saturated rings. The molecule has 1 atom stereocenters. The monoisotopic (exact) mass is 398 g/mol. The number of nitriles is 1. The Morgan fingerprint density at radius 1 is 1.22 bits per heavy atom. The van der Waals surface area contributed by atoms with Gasteiger partial charge in [0, 0.05) is 6.54 Å². The Labute approximate surface area is 168 Å². The number of aryl methyl sites for hydroxylation is 1. The summed E-state index contributed by atoms with van der Waals surface area (Å²) >= 11 is 1.30. The van der Waals surface area contributed by atoms with Gasteiger partial charge in [0.05, 0.1) is 24.6 Å². The number of aromatic nitrogens is 3. The molecule has 3 aromatic rings. The van der Waals surface area contributed by atoms with E-state index in [9.17, 15) is 0 Å². The van der Waals surface area contributed by atoms with E-state index in [1.54, 1.807) is 18.6 Å². The first-order valence-electron chi connectivity index (χ1n) is 8.51. The third kappa shape index (κ3) is 4.18. The first-order chi connectivity index (χ1) is 12.7. The molecule has 0 saturated carbocycles. The van der Waals surface area contributed by atoms with Crippen LogP contribution in [-0.4, -0.2) is 21.5 Å². The first-order valence-corrected chi connectivity index (χ1v) is 9.33. The van der Waals surface area contributed by atoms with Crippen molar-refractivity contribution >= 4 is 40.5 Å². The van der Waals surface area contributed by atoms with E-state index in [-0.39, 0.29) is 12.4 Å². The zero-order valence-corrected chi connectivity index (χ0v) is 16.4. The highest BCUT2D eigenvalue weighted by Crippen LogP contribution is 2.35. The average Bonchev–Trinajstić information content (AvgIpc) is 3.32. The van der Waals surface area contributed by atoms with E-state index in [2.05, 4.69) is 57.4 Å². The van der Waals surface area contributed by atoms with Crippen molar-refractivity contribution in [1.82, 2.24) is 15.0 Å². The van der Waals surface area contributed by atoms with Crippen molar-refractivity contribution in [2.24, 2.45) is 0 Å². The highest BCUT2D eigenvalue weighted by Gasteiger charge is 2.27. The van der Waals surface area contributed by atoms with Crippen molar-refractivity contribution in [2.45, 2.75) is 25.8 Å². The van der Waals surface area contributed by atoms with E-state index in [0.29, 0.717) is 21.9 Å². The number of thiazole rings is 1. The number of hydrogen-bond donors (Lipinski definition) is 1. The molecule has 138 valence electrons. The van der Waals surface area contributed by atoms with Crippen molar-refractivity contribution in [3.05, 3.63) is 58.9 Å². The molecule has 0 aliphatic carbocycles. The SMILES string of the molecule is Cc1ccc([C@@H]2CCCN2c2cncc(Nc3ncc(C#N)s3)n2)cc1.Cl. The van der Waals surface area contributed by atoms with Gasteiger partial charge >= 0.3 is 0 Å². The highest BCUT2D eigenvalue weighted by molar-refractivity contribution is 7.16. The van der Waals surface area contributed by atoms with Crippen LogP contribution in [0.5, 0.6) is 0 Å². The molecule has 1 saturated heterocycles. The number of hydrogen-bond acceptors (Lipinski definition) is 7. The van der Waals surface area contributed by atoms with Crippen LogP contribution in [0.3, 0.4) is 0 Å². The number of rotatable bonds is 4. The van der Waals surface area contributed by atoms with Gasteiger partial charge in [-0.25, -0.2) is 9.97 Å². The summed E-state index contributed by atoms with van der Waals surface area (Å²) in [6.07, 6.45) is 7.28. The van der Waals surface area contributed by atoms with Gasteiger partial charge in [0.15, 0.2) is 10.9 Å². The summed E-state index contributed by atoms with van der Waals surface area (Å²) in [6.45, 7) is 3.07. The van der Waals surface area contributed by atoms with Gasteiger partial charge in [-0.3, -0.25) is 4.98 Å². The lowest BCUT2D eigenvalue weighted by Crippen LogP contribution is -2.23. The molecule has 8 heteroatoms. The van der Waals surface area contributed by atoms with Crippen LogP contribution >= 0.6 is 23.7 Å². The molecule has 0 bridgehead atoms. The van der Waals surface area contributed by atoms with Crippen LogP contribution in [0.4, 0.5) is 16.8 Å². The molecule has 1 N–H and O–H groups in total. The maximum Gasteiger partial charge on any atom is 0.189 e. The number of nitrogens with one attached hydrogen (secondary N) is 1. The molecule has 4 rings (SSSR count). The molecule has 3 heterocycles. The maximum absolute atomic E-state index is 8.92. The Bertz CT molecular complexity index is 949. The normalized spacial score (nSPS) is 15.9. The quantitative estimate of drug-likeness (QED) is 0.690. The lowest BCUT2D eigenvalue weighted by Gasteiger charge is -2.26. The molecule has 0 amide bonds. The maximum atomic E-state index is 8.92. The third-order valence-electron chi connectivity index (χ3n) is 4.48. The van der Waals surface area contributed by atoms with Crippen molar-refractivity contribution in [1.29, 1.82) is 5.26 Å². The van der Waals surface area contributed by atoms with Gasteiger partial charge in [0.25, 0.3) is 0 Å². The number of benzene rings is 1. The zero-order chi connectivity index (χ0) is 17.9. The minimum absolute atomic E-state index is 0. The van der Waals surface area contributed by atoms with Gasteiger partial charge in [0.2, 0.25) is 0 Å². The molecule has 1 aliphatic rings. The summed E-state index contributed by atoms with van der Waals surface area (Å²) in [5.74, 6) is 1.49. The fraction of sp³-hybridized carbons (Fsp3) is 0.263. The summed E-state index contributed by atoms with van der Waals surface area (Å²) < 4.78 is 0. The molecular formula is C19H19ClN6S. The van der Waals surface area contributed by atoms with Crippen LogP contribution in [0, 0.1) is 18.3 Å². The summed E-state index contributed by atoms with van der Waals surface area (Å²) in [7, 11) is 0. The van der Waals surface area contributed by atoms with E-state index in [4.69, 9.17) is 10.2 Å². The second-order valence-corrected chi connectivity index (χ2v) is 7.32. The van der Waals surface area contributed by atoms with E-state index < -0.39 is 0 Å². The van der Waals surface area contributed by atoms with Crippen molar-refractivity contribution in [3.63, 3.8) is 0 Å². The molecule has 2 aromatic heterocycles. The predicted octanol–water partition coefficient (Wildman–Crippen LogP) is 4.62. The molecule has 1 aliphatic heterocycles. The molecular weight excluding hydrogens is 380 g/mol. The van der Waals surface area contributed by atoms with E-state index in [1.165, 1.54) is 22.5 Å². The molecule has 0 unspecified atom stereocenters. The Balaban J connectivity index is 0.00000210. The van der Waals surface area contributed by atoms with Crippen LogP contribution < -0.4 is 10.2 Å². The Morgan fingerprint density at radius 2 is 2.04 bits per heavy atom. The van der Waals surface area contributed by atoms with Gasteiger partial charge in [-0.2, -0.15) is 5.26 Å². The molecule has 0 radical (unpaired) electrons. The molecule has 0 spiro atoms. The Kier molecular flexibility index (Phi) is 5.89. The lowest BCUT2D eigenvalue weighted by molar-refractivity contribution is 0.710. The number of nitrogens with zero attached hydrogens (tertiary/aromatic N) is 5. The van der Waals surface area contributed by atoms with Gasteiger partial charge in [0.1, 0.15) is 16.8 Å². The number of anilines is 3. The van der Waals surface area contributed by atoms with Crippen LogP contribution in [0.2, 0.25) is 0 Å². The van der Waals surface area contributed by atoms with E-state index in [0.717, 1.165) is 25.2 Å². The lowest BCUT2D eigenvalue weighted by atomic mass is 10.0. The second-order valence-electron chi connectivity index (χ2n) is 6.29. The van der Waals surface area contributed by atoms with Gasteiger partial charge in [-0.1, -0.05) is 41.2 Å². The summed E-state index contributed by atoms with van der Waals surface area (Å²) in [5.41, 5.74) is 2.58. The zero-order valence-electron chi connectivity index (χ0n) is 14.8. The van der Waals surface area contributed by atoms with Gasteiger partial charge in [-0.15, -0.1) is 12.4 Å². The summed E-state index contributed by atoms with van der Waals surface area (Å²) in [6, 6.07) is 11.1. The van der Waals surface area contributed by atoms with Crippen LogP contribution in [0.15, 0.2) is 42.9 Å². The Hall–Kier alpha value is -2.69. The van der Waals surface area contributed by atoms with Crippen molar-refractivity contribution in [2.75, 3.05) is 16.8 Å². The van der Waals surface area contributed by atoms with Crippen molar-refractivity contribution < 1.29 is 0 Å². The first kappa shape index (κ1) is 19.1. The largest absolute Gasteiger partial charge is 0.348 e. The topological polar surface area (TPSA) is 77.7 Å². The molecule has 1 aromatic carbocycles. The number of halogens is 1. The smallest absolute Gasteiger partial charge is 0.189 e. The minimum Gasteiger partial charge on any atom is -0.348 e. The predicted molar refractivity (Wildman–Crippen MR) is 110 cm³/mol. The fourth-order valence-corrected chi connectivity index (χ4v) is 3.84. The fourth-order valence-electron chi connectivity index (χ4n) is 3.22. The highest BCUT2D eigenvalue weighted by atomic mass is 35.5.